The van der Waals surface area contributed by atoms with Crippen LogP contribution in [0.4, 0.5) is 0 Å². The molecule has 0 aliphatic rings. The second-order valence-corrected chi connectivity index (χ2v) is 6.14. The van der Waals surface area contributed by atoms with E-state index >= 15 is 0 Å². The molecule has 2 nitrogen and oxygen atoms in total. The van der Waals surface area contributed by atoms with Crippen molar-refractivity contribution in [1.82, 2.24) is 0 Å². The van der Waals surface area contributed by atoms with Crippen molar-refractivity contribution in [1.29, 1.82) is 0 Å². The molecule has 0 fully saturated rings. The molecule has 1 heterocycles. The van der Waals surface area contributed by atoms with E-state index in [1.165, 1.54) is 0 Å². The fraction of sp³-hybridized carbons (Fsp3) is 0. The Morgan fingerprint density at radius 1 is 0.680 bits per heavy atom. The van der Waals surface area contributed by atoms with Gasteiger partial charge in [-0.05, 0) is 34.5 Å². The summed E-state index contributed by atoms with van der Waals surface area (Å²) in [6, 6.07) is 27.6. The van der Waals surface area contributed by atoms with Gasteiger partial charge in [0.1, 0.15) is 11.2 Å². The lowest BCUT2D eigenvalue weighted by molar-refractivity contribution is 0.661. The maximum atomic E-state index is 13.2. The van der Waals surface area contributed by atoms with Crippen LogP contribution in [0.3, 0.4) is 0 Å². The number of para-hydroxylation sites is 1. The Labute approximate surface area is 143 Å². The van der Waals surface area contributed by atoms with Gasteiger partial charge in [-0.1, -0.05) is 66.7 Å². The van der Waals surface area contributed by atoms with Gasteiger partial charge in [-0.3, -0.25) is 4.79 Å². The third kappa shape index (κ3) is 2.08. The molecule has 4 aromatic carbocycles. The van der Waals surface area contributed by atoms with Gasteiger partial charge < -0.3 is 4.42 Å². The lowest BCUT2D eigenvalue weighted by Gasteiger charge is -2.10. The molecule has 0 aliphatic heterocycles. The Morgan fingerprint density at radius 3 is 2.20 bits per heavy atom. The first-order valence-electron chi connectivity index (χ1n) is 8.26. The number of hydrogen-bond acceptors (Lipinski definition) is 2. The normalized spacial score (nSPS) is 11.4. The molecule has 0 N–H and O–H groups in total. The highest BCUT2D eigenvalue weighted by Crippen LogP contribution is 2.34. The van der Waals surface area contributed by atoms with Crippen LogP contribution in [0, 0.1) is 0 Å². The summed E-state index contributed by atoms with van der Waals surface area (Å²) in [5, 5.41) is 3.23. The molecule has 5 rings (SSSR count). The summed E-state index contributed by atoms with van der Waals surface area (Å²) in [7, 11) is 0. The molecule has 0 bridgehead atoms. The first-order chi connectivity index (χ1) is 12.3. The predicted octanol–water partition coefficient (Wildman–Crippen LogP) is 5.77. The summed E-state index contributed by atoms with van der Waals surface area (Å²) in [5.74, 6) is 0. The fourth-order valence-corrected chi connectivity index (χ4v) is 3.48. The van der Waals surface area contributed by atoms with Gasteiger partial charge in [0.05, 0.1) is 10.8 Å². The second kappa shape index (κ2) is 5.32. The van der Waals surface area contributed by atoms with E-state index in [2.05, 4.69) is 6.07 Å². The van der Waals surface area contributed by atoms with Crippen LogP contribution in [-0.4, -0.2) is 0 Å². The van der Waals surface area contributed by atoms with Crippen LogP contribution in [0.5, 0.6) is 0 Å². The molecular formula is C23H14O2. The Bertz CT molecular complexity index is 1300. The van der Waals surface area contributed by atoms with Crippen LogP contribution >= 0.6 is 0 Å². The van der Waals surface area contributed by atoms with Crippen molar-refractivity contribution in [2.75, 3.05) is 0 Å². The van der Waals surface area contributed by atoms with E-state index in [0.29, 0.717) is 21.9 Å². The maximum Gasteiger partial charge on any atom is 0.201 e. The van der Waals surface area contributed by atoms with Gasteiger partial charge in [-0.25, -0.2) is 0 Å². The van der Waals surface area contributed by atoms with E-state index in [4.69, 9.17) is 4.42 Å². The van der Waals surface area contributed by atoms with E-state index in [1.807, 2.05) is 78.9 Å². The number of hydrogen-bond donors (Lipinski definition) is 0. The standard InChI is InChI=1S/C23H14O2/c24-22-18-12-6-7-13-20(18)25-23-19(15-8-2-1-3-9-15)14-16-10-4-5-11-17(16)21(22)23/h1-14H. The Balaban J connectivity index is 2.08. The van der Waals surface area contributed by atoms with E-state index in [1.54, 1.807) is 0 Å². The topological polar surface area (TPSA) is 30.2 Å². The number of rotatable bonds is 1. The second-order valence-electron chi connectivity index (χ2n) is 6.14. The zero-order valence-corrected chi connectivity index (χ0v) is 13.4. The van der Waals surface area contributed by atoms with Crippen LogP contribution in [0.25, 0.3) is 43.8 Å². The van der Waals surface area contributed by atoms with Gasteiger partial charge in [0.2, 0.25) is 5.43 Å². The van der Waals surface area contributed by atoms with Gasteiger partial charge in [0, 0.05) is 5.56 Å². The Kier molecular flexibility index (Phi) is 2.98. The van der Waals surface area contributed by atoms with Crippen molar-refractivity contribution in [3.8, 4) is 11.1 Å². The molecule has 2 heteroatoms. The summed E-state index contributed by atoms with van der Waals surface area (Å²) >= 11 is 0. The van der Waals surface area contributed by atoms with Gasteiger partial charge in [-0.2, -0.15) is 0 Å². The molecule has 1 aromatic heterocycles. The van der Waals surface area contributed by atoms with E-state index in [9.17, 15) is 4.79 Å². The summed E-state index contributed by atoms with van der Waals surface area (Å²) in [6.07, 6.45) is 0. The van der Waals surface area contributed by atoms with Crippen molar-refractivity contribution < 1.29 is 4.42 Å². The summed E-state index contributed by atoms with van der Waals surface area (Å²) in [6.45, 7) is 0. The molecule has 0 amide bonds. The number of benzene rings is 4. The van der Waals surface area contributed by atoms with Gasteiger partial charge in [0.25, 0.3) is 0 Å². The molecule has 0 atom stereocenters. The average molecular weight is 322 g/mol. The molecule has 5 aromatic rings. The van der Waals surface area contributed by atoms with Crippen LogP contribution in [0.15, 0.2) is 94.1 Å². The highest BCUT2D eigenvalue weighted by Gasteiger charge is 2.15. The van der Waals surface area contributed by atoms with E-state index < -0.39 is 0 Å². The molecular weight excluding hydrogens is 308 g/mol. The lowest BCUT2D eigenvalue weighted by atomic mass is 9.96. The third-order valence-corrected chi connectivity index (χ3v) is 4.66. The average Bonchev–Trinajstić information content (AvgIpc) is 2.68. The molecule has 0 radical (unpaired) electrons. The summed E-state index contributed by atoms with van der Waals surface area (Å²) in [4.78, 5) is 13.2. The van der Waals surface area contributed by atoms with Gasteiger partial charge >= 0.3 is 0 Å². The Morgan fingerprint density at radius 2 is 1.36 bits per heavy atom. The van der Waals surface area contributed by atoms with E-state index in [-0.39, 0.29) is 5.43 Å². The first-order valence-corrected chi connectivity index (χ1v) is 8.26. The van der Waals surface area contributed by atoms with Crippen LogP contribution in [-0.2, 0) is 0 Å². The molecule has 0 unspecified atom stereocenters. The largest absolute Gasteiger partial charge is 0.455 e. The zero-order chi connectivity index (χ0) is 16.8. The predicted molar refractivity (Wildman–Crippen MR) is 103 cm³/mol. The van der Waals surface area contributed by atoms with Gasteiger partial charge in [0.15, 0.2) is 0 Å². The van der Waals surface area contributed by atoms with Crippen molar-refractivity contribution in [3.05, 3.63) is 95.2 Å². The van der Waals surface area contributed by atoms with Crippen molar-refractivity contribution >= 4 is 32.7 Å². The smallest absolute Gasteiger partial charge is 0.201 e. The highest BCUT2D eigenvalue weighted by molar-refractivity contribution is 6.13. The maximum absolute atomic E-state index is 13.2. The zero-order valence-electron chi connectivity index (χ0n) is 13.4. The minimum absolute atomic E-state index is 0.0193. The summed E-state index contributed by atoms with van der Waals surface area (Å²) < 4.78 is 6.22. The molecule has 0 saturated heterocycles. The Hall–Kier alpha value is -3.39. The fourth-order valence-electron chi connectivity index (χ4n) is 3.48. The van der Waals surface area contributed by atoms with Crippen molar-refractivity contribution in [2.24, 2.45) is 0 Å². The van der Waals surface area contributed by atoms with Crippen LogP contribution < -0.4 is 5.43 Å². The van der Waals surface area contributed by atoms with Crippen LogP contribution in [0.1, 0.15) is 0 Å². The summed E-state index contributed by atoms with van der Waals surface area (Å²) in [5.41, 5.74) is 3.26. The van der Waals surface area contributed by atoms with Crippen LogP contribution in [0.2, 0.25) is 0 Å². The number of fused-ring (bicyclic) bond motifs is 4. The van der Waals surface area contributed by atoms with E-state index in [0.717, 1.165) is 21.9 Å². The third-order valence-electron chi connectivity index (χ3n) is 4.66. The molecule has 25 heavy (non-hydrogen) atoms. The monoisotopic (exact) mass is 322 g/mol. The lowest BCUT2D eigenvalue weighted by Crippen LogP contribution is -2.03. The highest BCUT2D eigenvalue weighted by atomic mass is 16.3. The van der Waals surface area contributed by atoms with Crippen molar-refractivity contribution in [2.45, 2.75) is 0 Å². The molecule has 0 saturated carbocycles. The molecule has 118 valence electrons. The SMILES string of the molecule is O=c1c2ccccc2oc2c(-c3ccccc3)cc3ccccc3c12. The first kappa shape index (κ1) is 14.0. The molecule has 0 spiro atoms. The van der Waals surface area contributed by atoms with Gasteiger partial charge in [-0.15, -0.1) is 0 Å². The minimum Gasteiger partial charge on any atom is -0.455 e. The minimum atomic E-state index is 0.0193. The molecule has 0 aliphatic carbocycles. The van der Waals surface area contributed by atoms with Crippen molar-refractivity contribution in [3.63, 3.8) is 0 Å². The quantitative estimate of drug-likeness (QED) is 0.290.